The van der Waals surface area contributed by atoms with E-state index < -0.39 is 18.1 Å². The molecule has 1 amide bonds. The Labute approximate surface area is 192 Å². The Morgan fingerprint density at radius 1 is 0.848 bits per heavy atom. The van der Waals surface area contributed by atoms with E-state index >= 15 is 0 Å². The number of nitrogens with one attached hydrogen (secondary N) is 2. The first-order valence-corrected chi connectivity index (χ1v) is 10.8. The Morgan fingerprint density at radius 2 is 1.52 bits per heavy atom. The smallest absolute Gasteiger partial charge is 0.408 e. The zero-order chi connectivity index (χ0) is 23.0. The van der Waals surface area contributed by atoms with Crippen molar-refractivity contribution in [1.29, 1.82) is 0 Å². The van der Waals surface area contributed by atoms with E-state index in [1.54, 1.807) is 0 Å². The van der Waals surface area contributed by atoms with E-state index in [0.29, 0.717) is 0 Å². The Morgan fingerprint density at radius 3 is 2.30 bits per heavy atom. The van der Waals surface area contributed by atoms with Crippen LogP contribution in [0, 0.1) is 6.92 Å². The summed E-state index contributed by atoms with van der Waals surface area (Å²) in [4.78, 5) is 28.6. The lowest BCUT2D eigenvalue weighted by Crippen LogP contribution is -2.43. The number of amides is 1. The molecule has 3 aromatic carbocycles. The number of benzene rings is 3. The van der Waals surface area contributed by atoms with E-state index in [-0.39, 0.29) is 19.6 Å². The van der Waals surface area contributed by atoms with Gasteiger partial charge < -0.3 is 19.8 Å². The van der Waals surface area contributed by atoms with E-state index in [4.69, 9.17) is 9.47 Å². The molecule has 0 unspecified atom stereocenters. The number of fused-ring (bicyclic) bond motifs is 1. The van der Waals surface area contributed by atoms with Crippen molar-refractivity contribution in [2.75, 3.05) is 0 Å². The van der Waals surface area contributed by atoms with Crippen LogP contribution in [0.5, 0.6) is 0 Å². The van der Waals surface area contributed by atoms with E-state index in [0.717, 1.165) is 33.2 Å². The number of aromatic nitrogens is 1. The Bertz CT molecular complexity index is 1220. The maximum absolute atomic E-state index is 13.0. The number of hydrogen-bond donors (Lipinski definition) is 2. The first-order chi connectivity index (χ1) is 16.1. The molecule has 0 aliphatic rings. The van der Waals surface area contributed by atoms with Gasteiger partial charge >= 0.3 is 12.1 Å². The average Bonchev–Trinajstić information content (AvgIpc) is 3.25. The molecule has 6 nitrogen and oxygen atoms in total. The van der Waals surface area contributed by atoms with Crippen LogP contribution >= 0.6 is 0 Å². The van der Waals surface area contributed by atoms with Crippen molar-refractivity contribution < 1.29 is 19.1 Å². The number of para-hydroxylation sites is 1. The van der Waals surface area contributed by atoms with Gasteiger partial charge in [0, 0.05) is 23.5 Å². The number of alkyl carbamates (subject to hydrolysis) is 1. The van der Waals surface area contributed by atoms with Crippen LogP contribution in [-0.4, -0.2) is 23.1 Å². The predicted molar refractivity (Wildman–Crippen MR) is 127 cm³/mol. The van der Waals surface area contributed by atoms with Crippen LogP contribution in [-0.2, 0) is 33.9 Å². The summed E-state index contributed by atoms with van der Waals surface area (Å²) >= 11 is 0. The molecule has 2 N–H and O–H groups in total. The molecule has 168 valence electrons. The molecule has 0 aliphatic carbocycles. The second-order valence-corrected chi connectivity index (χ2v) is 7.92. The monoisotopic (exact) mass is 442 g/mol. The maximum Gasteiger partial charge on any atom is 0.408 e. The average molecular weight is 443 g/mol. The van der Waals surface area contributed by atoms with Gasteiger partial charge in [-0.2, -0.15) is 0 Å². The van der Waals surface area contributed by atoms with E-state index in [1.807, 2.05) is 92.0 Å². The maximum atomic E-state index is 13.0. The van der Waals surface area contributed by atoms with Gasteiger partial charge in [-0.25, -0.2) is 9.59 Å². The van der Waals surface area contributed by atoms with Crippen molar-refractivity contribution in [3.05, 3.63) is 107 Å². The fourth-order valence-corrected chi connectivity index (χ4v) is 3.56. The summed E-state index contributed by atoms with van der Waals surface area (Å²) in [6, 6.07) is 24.1. The number of hydrogen-bond acceptors (Lipinski definition) is 4. The Balaban J connectivity index is 1.44. The first-order valence-electron chi connectivity index (χ1n) is 10.8. The molecule has 0 aliphatic heterocycles. The van der Waals surface area contributed by atoms with Gasteiger partial charge in [0.25, 0.3) is 0 Å². The lowest BCUT2D eigenvalue weighted by atomic mass is 10.1. The summed E-state index contributed by atoms with van der Waals surface area (Å²) in [5.41, 5.74) is 4.75. The minimum absolute atomic E-state index is 0.116. The number of esters is 1. The van der Waals surface area contributed by atoms with Gasteiger partial charge in [0.05, 0.1) is 0 Å². The van der Waals surface area contributed by atoms with Crippen LogP contribution < -0.4 is 5.32 Å². The summed E-state index contributed by atoms with van der Waals surface area (Å²) in [5, 5.41) is 3.68. The summed E-state index contributed by atoms with van der Waals surface area (Å²) < 4.78 is 10.9. The molecule has 1 atom stereocenters. The van der Waals surface area contributed by atoms with Gasteiger partial charge in [0.15, 0.2) is 0 Å². The van der Waals surface area contributed by atoms with Crippen LogP contribution in [0.25, 0.3) is 10.9 Å². The topological polar surface area (TPSA) is 80.4 Å². The number of carbonyl (C=O) groups excluding carboxylic acids is 2. The summed E-state index contributed by atoms with van der Waals surface area (Å²) in [6.07, 6.45) is 1.45. The number of aromatic amines is 1. The molecule has 0 saturated carbocycles. The number of carbonyl (C=O) groups is 2. The van der Waals surface area contributed by atoms with E-state index in [9.17, 15) is 9.59 Å². The summed E-state index contributed by atoms with van der Waals surface area (Å²) in [7, 11) is 0. The Kier molecular flexibility index (Phi) is 7.05. The standard InChI is InChI=1S/C27H26N2O4/c1-19-11-13-21(14-12-19)17-32-26(30)25(15-22-16-28-24-10-6-5-9-23(22)24)29-27(31)33-18-20-7-3-2-4-8-20/h2-14,16,25,28H,15,17-18H2,1H3,(H,29,31)/t25-/m0/s1. The molecule has 4 aromatic rings. The highest BCUT2D eigenvalue weighted by Gasteiger charge is 2.25. The molecule has 1 aromatic heterocycles. The zero-order valence-corrected chi connectivity index (χ0v) is 18.4. The molecule has 0 spiro atoms. The van der Waals surface area contributed by atoms with Crippen LogP contribution in [0.2, 0.25) is 0 Å². The molecule has 6 heteroatoms. The second kappa shape index (κ2) is 10.5. The molecule has 33 heavy (non-hydrogen) atoms. The molecule has 1 heterocycles. The lowest BCUT2D eigenvalue weighted by Gasteiger charge is -2.18. The van der Waals surface area contributed by atoms with Crippen LogP contribution in [0.4, 0.5) is 4.79 Å². The number of aryl methyl sites for hydroxylation is 1. The number of rotatable bonds is 8. The van der Waals surface area contributed by atoms with Gasteiger partial charge in [0.1, 0.15) is 19.3 Å². The highest BCUT2D eigenvalue weighted by atomic mass is 16.6. The SMILES string of the molecule is Cc1ccc(COC(=O)[C@H](Cc2c[nH]c3ccccc23)NC(=O)OCc2ccccc2)cc1. The van der Waals surface area contributed by atoms with E-state index in [1.165, 1.54) is 0 Å². The van der Waals surface area contributed by atoms with Crippen LogP contribution in [0.3, 0.4) is 0 Å². The van der Waals surface area contributed by atoms with Gasteiger partial charge in [-0.3, -0.25) is 0 Å². The summed E-state index contributed by atoms with van der Waals surface area (Å²) in [6.45, 7) is 2.24. The van der Waals surface area contributed by atoms with Crippen LogP contribution in [0.15, 0.2) is 85.1 Å². The van der Waals surface area contributed by atoms with Crippen molar-refractivity contribution >= 4 is 23.0 Å². The third-order valence-corrected chi connectivity index (χ3v) is 5.39. The largest absolute Gasteiger partial charge is 0.459 e. The second-order valence-electron chi connectivity index (χ2n) is 7.92. The lowest BCUT2D eigenvalue weighted by molar-refractivity contribution is -0.147. The number of H-pyrrole nitrogens is 1. The van der Waals surface area contributed by atoms with Crippen molar-refractivity contribution in [2.45, 2.75) is 32.6 Å². The van der Waals surface area contributed by atoms with Crippen molar-refractivity contribution in [1.82, 2.24) is 10.3 Å². The molecule has 0 saturated heterocycles. The van der Waals surface area contributed by atoms with Crippen molar-refractivity contribution in [2.24, 2.45) is 0 Å². The first kappa shape index (κ1) is 22.1. The molecule has 0 radical (unpaired) electrons. The number of ether oxygens (including phenoxy) is 2. The molecule has 0 fully saturated rings. The van der Waals surface area contributed by atoms with Crippen molar-refractivity contribution in [3.63, 3.8) is 0 Å². The van der Waals surface area contributed by atoms with Crippen LogP contribution in [0.1, 0.15) is 22.3 Å². The van der Waals surface area contributed by atoms with Crippen molar-refractivity contribution in [3.8, 4) is 0 Å². The quantitative estimate of drug-likeness (QED) is 0.374. The third kappa shape index (κ3) is 6.01. The van der Waals surface area contributed by atoms with Gasteiger partial charge in [-0.1, -0.05) is 78.4 Å². The third-order valence-electron chi connectivity index (χ3n) is 5.39. The Hall–Kier alpha value is -4.06. The van der Waals surface area contributed by atoms with Gasteiger partial charge in [-0.15, -0.1) is 0 Å². The zero-order valence-electron chi connectivity index (χ0n) is 18.4. The molecular weight excluding hydrogens is 416 g/mol. The fourth-order valence-electron chi connectivity index (χ4n) is 3.56. The highest BCUT2D eigenvalue weighted by molar-refractivity contribution is 5.86. The minimum Gasteiger partial charge on any atom is -0.459 e. The molecule has 4 rings (SSSR count). The highest BCUT2D eigenvalue weighted by Crippen LogP contribution is 2.20. The molecular formula is C27H26N2O4. The predicted octanol–water partition coefficient (Wildman–Crippen LogP) is 5.06. The normalized spacial score (nSPS) is 11.7. The molecule has 0 bridgehead atoms. The van der Waals surface area contributed by atoms with Gasteiger partial charge in [-0.05, 0) is 29.7 Å². The summed E-state index contributed by atoms with van der Waals surface area (Å²) in [5.74, 6) is -0.516. The van der Waals surface area contributed by atoms with Gasteiger partial charge in [0.2, 0.25) is 0 Å². The van der Waals surface area contributed by atoms with E-state index in [2.05, 4.69) is 10.3 Å². The fraction of sp³-hybridized carbons (Fsp3) is 0.185. The minimum atomic E-state index is -0.891.